The molecule has 22 heavy (non-hydrogen) atoms. The molecule has 2 aromatic rings. The summed E-state index contributed by atoms with van der Waals surface area (Å²) >= 11 is 0. The van der Waals surface area contributed by atoms with Gasteiger partial charge in [0.2, 0.25) is 0 Å². The zero-order chi connectivity index (χ0) is 16.1. The van der Waals surface area contributed by atoms with Crippen LogP contribution >= 0.6 is 0 Å². The molecular weight excluding hydrogens is 300 g/mol. The van der Waals surface area contributed by atoms with Crippen molar-refractivity contribution in [3.05, 3.63) is 52.6 Å². The number of alkyl halides is 3. The number of halogens is 4. The van der Waals surface area contributed by atoms with Gasteiger partial charge in [0.15, 0.2) is 0 Å². The number of fused-ring (bicyclic) bond motifs is 1. The number of aromatic amines is 1. The smallest absolute Gasteiger partial charge is 0.359 e. The molecule has 0 saturated heterocycles. The number of benzene rings is 1. The van der Waals surface area contributed by atoms with Gasteiger partial charge in [-0.25, -0.2) is 4.39 Å². The van der Waals surface area contributed by atoms with Gasteiger partial charge in [-0.1, -0.05) is 0 Å². The maximum absolute atomic E-state index is 13.3. The standard InChI is InChI=1S/C15H10F4N2O/c1-7-4-11(15(17,18)19)13(20-7)6-10-9-5-8(16)2-3-12(9)21-14(10)22/h2-6,20H,1H3,(H,21,22)/b10-6-. The number of aryl methyl sites for hydroxylation is 1. The Hall–Kier alpha value is -2.57. The fourth-order valence-corrected chi connectivity index (χ4v) is 2.41. The van der Waals surface area contributed by atoms with Crippen molar-refractivity contribution in [1.29, 1.82) is 0 Å². The van der Waals surface area contributed by atoms with Crippen LogP contribution in [-0.4, -0.2) is 10.9 Å². The molecule has 0 spiro atoms. The van der Waals surface area contributed by atoms with Crippen LogP contribution in [-0.2, 0) is 11.0 Å². The zero-order valence-electron chi connectivity index (χ0n) is 11.3. The van der Waals surface area contributed by atoms with Crippen molar-refractivity contribution in [2.45, 2.75) is 13.1 Å². The maximum atomic E-state index is 13.3. The van der Waals surface area contributed by atoms with Crippen molar-refractivity contribution in [2.75, 3.05) is 5.32 Å². The van der Waals surface area contributed by atoms with Crippen LogP contribution in [0.25, 0.3) is 11.6 Å². The van der Waals surface area contributed by atoms with Crippen molar-refractivity contribution in [3.8, 4) is 0 Å². The van der Waals surface area contributed by atoms with E-state index < -0.39 is 23.5 Å². The molecule has 7 heteroatoms. The highest BCUT2D eigenvalue weighted by atomic mass is 19.4. The first kappa shape index (κ1) is 14.4. The van der Waals surface area contributed by atoms with E-state index in [1.54, 1.807) is 0 Å². The highest BCUT2D eigenvalue weighted by Gasteiger charge is 2.35. The normalized spacial score (nSPS) is 16.0. The van der Waals surface area contributed by atoms with E-state index in [2.05, 4.69) is 10.3 Å². The molecule has 0 saturated carbocycles. The van der Waals surface area contributed by atoms with Crippen LogP contribution in [0.4, 0.5) is 23.2 Å². The van der Waals surface area contributed by atoms with E-state index in [0.717, 1.165) is 18.2 Å². The largest absolute Gasteiger partial charge is 0.418 e. The highest BCUT2D eigenvalue weighted by molar-refractivity contribution is 6.34. The van der Waals surface area contributed by atoms with Gasteiger partial charge in [-0.2, -0.15) is 13.2 Å². The van der Waals surface area contributed by atoms with E-state index in [1.165, 1.54) is 19.1 Å². The van der Waals surface area contributed by atoms with Crippen molar-refractivity contribution < 1.29 is 22.4 Å². The van der Waals surface area contributed by atoms with Crippen molar-refractivity contribution in [3.63, 3.8) is 0 Å². The van der Waals surface area contributed by atoms with E-state index in [0.29, 0.717) is 11.4 Å². The number of carbonyl (C=O) groups excluding carboxylic acids is 1. The number of anilines is 1. The summed E-state index contributed by atoms with van der Waals surface area (Å²) in [5, 5.41) is 2.49. The van der Waals surface area contributed by atoms with Crippen LogP contribution in [0.3, 0.4) is 0 Å². The van der Waals surface area contributed by atoms with Crippen LogP contribution in [0.1, 0.15) is 22.5 Å². The Labute approximate surface area is 122 Å². The van der Waals surface area contributed by atoms with Crippen molar-refractivity contribution >= 4 is 23.2 Å². The molecule has 0 fully saturated rings. The minimum absolute atomic E-state index is 0.0122. The van der Waals surface area contributed by atoms with Gasteiger partial charge in [0.05, 0.1) is 16.8 Å². The van der Waals surface area contributed by atoms with Crippen LogP contribution in [0, 0.1) is 12.7 Å². The molecule has 1 aromatic heterocycles. The summed E-state index contributed by atoms with van der Waals surface area (Å²) in [6.45, 7) is 1.49. The predicted molar refractivity (Wildman–Crippen MR) is 73.4 cm³/mol. The lowest BCUT2D eigenvalue weighted by atomic mass is 10.0. The van der Waals surface area contributed by atoms with Crippen molar-refractivity contribution in [2.24, 2.45) is 0 Å². The first-order chi connectivity index (χ1) is 10.3. The third kappa shape index (κ3) is 2.38. The van der Waals surface area contributed by atoms with Gasteiger partial charge in [0, 0.05) is 16.9 Å². The van der Waals surface area contributed by atoms with E-state index in [1.807, 2.05) is 0 Å². The highest BCUT2D eigenvalue weighted by Crippen LogP contribution is 2.37. The summed E-state index contributed by atoms with van der Waals surface area (Å²) < 4.78 is 52.3. The molecule has 0 atom stereocenters. The zero-order valence-corrected chi connectivity index (χ0v) is 11.3. The van der Waals surface area contributed by atoms with Gasteiger partial charge < -0.3 is 10.3 Å². The second kappa shape index (κ2) is 4.72. The molecule has 0 unspecified atom stereocenters. The fraction of sp³-hybridized carbons (Fsp3) is 0.133. The fourth-order valence-electron chi connectivity index (χ4n) is 2.41. The SMILES string of the molecule is Cc1cc(C(F)(F)F)c(/C=C2\C(=O)Nc3ccc(F)cc32)[nH]1. The number of H-pyrrole nitrogens is 1. The number of aromatic nitrogens is 1. The lowest BCUT2D eigenvalue weighted by Crippen LogP contribution is -2.07. The predicted octanol–water partition coefficient (Wildman–Crippen LogP) is 3.97. The minimum Gasteiger partial charge on any atom is -0.359 e. The third-order valence-electron chi connectivity index (χ3n) is 3.34. The first-order valence-corrected chi connectivity index (χ1v) is 6.35. The van der Waals surface area contributed by atoms with E-state index in [9.17, 15) is 22.4 Å². The summed E-state index contributed by atoms with van der Waals surface area (Å²) in [5.41, 5.74) is -0.179. The summed E-state index contributed by atoms with van der Waals surface area (Å²) in [5.74, 6) is -1.14. The van der Waals surface area contributed by atoms with Crippen LogP contribution in [0.5, 0.6) is 0 Å². The van der Waals surface area contributed by atoms with Crippen LogP contribution in [0.2, 0.25) is 0 Å². The monoisotopic (exact) mass is 310 g/mol. The van der Waals surface area contributed by atoms with Gasteiger partial charge in [-0.05, 0) is 37.3 Å². The molecule has 2 N–H and O–H groups in total. The summed E-state index contributed by atoms with van der Waals surface area (Å²) in [6, 6.07) is 4.61. The molecule has 0 aliphatic carbocycles. The molecule has 0 radical (unpaired) electrons. The molecule has 1 aromatic carbocycles. The number of nitrogens with one attached hydrogen (secondary N) is 2. The lowest BCUT2D eigenvalue weighted by molar-refractivity contribution is -0.137. The Morgan fingerprint density at radius 2 is 1.91 bits per heavy atom. The first-order valence-electron chi connectivity index (χ1n) is 6.35. The Bertz CT molecular complexity index is 802. The number of hydrogen-bond acceptors (Lipinski definition) is 1. The molecule has 1 aliphatic rings. The van der Waals surface area contributed by atoms with Gasteiger partial charge in [-0.15, -0.1) is 0 Å². The number of rotatable bonds is 1. The number of hydrogen-bond donors (Lipinski definition) is 2. The lowest BCUT2D eigenvalue weighted by Gasteiger charge is -2.05. The van der Waals surface area contributed by atoms with E-state index >= 15 is 0 Å². The Morgan fingerprint density at radius 3 is 2.59 bits per heavy atom. The Balaban J connectivity index is 2.15. The topological polar surface area (TPSA) is 44.9 Å². The molecule has 1 amide bonds. The molecule has 3 nitrogen and oxygen atoms in total. The van der Waals surface area contributed by atoms with Gasteiger partial charge in [0.25, 0.3) is 5.91 Å². The molecule has 114 valence electrons. The number of carbonyl (C=O) groups is 1. The van der Waals surface area contributed by atoms with Crippen molar-refractivity contribution in [1.82, 2.24) is 4.98 Å². The van der Waals surface area contributed by atoms with Gasteiger partial charge in [0.1, 0.15) is 5.82 Å². The minimum atomic E-state index is -4.54. The summed E-state index contributed by atoms with van der Waals surface area (Å²) in [7, 11) is 0. The second-order valence-electron chi connectivity index (χ2n) is 4.98. The van der Waals surface area contributed by atoms with Gasteiger partial charge >= 0.3 is 6.18 Å². The Morgan fingerprint density at radius 1 is 1.18 bits per heavy atom. The molecule has 0 bridgehead atoms. The third-order valence-corrected chi connectivity index (χ3v) is 3.34. The maximum Gasteiger partial charge on any atom is 0.418 e. The second-order valence-corrected chi connectivity index (χ2v) is 4.98. The average molecular weight is 310 g/mol. The number of amides is 1. The average Bonchev–Trinajstić information content (AvgIpc) is 2.92. The molecule has 2 heterocycles. The van der Waals surface area contributed by atoms with Gasteiger partial charge in [-0.3, -0.25) is 4.79 Å². The van der Waals surface area contributed by atoms with E-state index in [-0.39, 0.29) is 16.8 Å². The quantitative estimate of drug-likeness (QED) is 0.607. The van der Waals surface area contributed by atoms with E-state index in [4.69, 9.17) is 0 Å². The molecule has 3 rings (SSSR count). The van der Waals surface area contributed by atoms with Crippen LogP contribution < -0.4 is 5.32 Å². The Kier molecular flexibility index (Phi) is 3.09. The van der Waals surface area contributed by atoms with Crippen LogP contribution in [0.15, 0.2) is 24.3 Å². The summed E-state index contributed by atoms with van der Waals surface area (Å²) in [4.78, 5) is 14.5. The molecule has 1 aliphatic heterocycles. The summed E-state index contributed by atoms with van der Waals surface area (Å²) in [6.07, 6.45) is -3.45. The molecular formula is C15H10F4N2O.